The molecule has 212 valence electrons. The number of fused-ring (bicyclic) bond motifs is 2. The molecule has 0 aliphatic carbocycles. The van der Waals surface area contributed by atoms with E-state index in [1.807, 2.05) is 0 Å². The van der Waals surface area contributed by atoms with Gasteiger partial charge < -0.3 is 14.9 Å². The highest BCUT2D eigenvalue weighted by atomic mass is 79.9. The van der Waals surface area contributed by atoms with Crippen molar-refractivity contribution in [1.82, 2.24) is 14.7 Å². The van der Waals surface area contributed by atoms with Crippen LogP contribution in [0, 0.1) is 5.82 Å². The van der Waals surface area contributed by atoms with Gasteiger partial charge in [0.2, 0.25) is 0 Å². The van der Waals surface area contributed by atoms with E-state index >= 15 is 0 Å². The lowest BCUT2D eigenvalue weighted by Gasteiger charge is -2.51. The lowest BCUT2D eigenvalue weighted by Crippen LogP contribution is -2.64. The summed E-state index contributed by atoms with van der Waals surface area (Å²) >= 11 is 3.09. The smallest absolute Gasteiger partial charge is 0.393 e. The summed E-state index contributed by atoms with van der Waals surface area (Å²) in [5.41, 5.74) is -0.0296. The Morgan fingerprint density at radius 3 is 2.33 bits per heavy atom. The zero-order chi connectivity index (χ0) is 27.9. The van der Waals surface area contributed by atoms with Crippen LogP contribution >= 0.6 is 15.9 Å². The number of rotatable bonds is 8. The molecule has 5 nitrogen and oxygen atoms in total. The van der Waals surface area contributed by atoms with Crippen LogP contribution in [-0.4, -0.2) is 83.2 Å². The van der Waals surface area contributed by atoms with Gasteiger partial charge in [-0.3, -0.25) is 9.69 Å². The van der Waals surface area contributed by atoms with Gasteiger partial charge in [-0.05, 0) is 74.5 Å². The number of alkyl halides is 3. The lowest BCUT2D eigenvalue weighted by atomic mass is 9.92. The summed E-state index contributed by atoms with van der Waals surface area (Å²) in [7, 11) is 1.59. The number of aliphatic hydroxyl groups is 1. The fourth-order valence-electron chi connectivity index (χ4n) is 6.64. The van der Waals surface area contributed by atoms with Crippen LogP contribution in [0.2, 0.25) is 0 Å². The largest absolute Gasteiger partial charge is 0.416 e. The molecule has 2 aromatic rings. The number of likely N-dealkylation sites (N-methyl/N-ethyl adjacent to an activating group) is 1. The second kappa shape index (κ2) is 11.5. The molecule has 3 heterocycles. The van der Waals surface area contributed by atoms with E-state index in [0.29, 0.717) is 24.7 Å². The number of carbonyl (C=O) groups excluding carboxylic acids is 1. The van der Waals surface area contributed by atoms with Crippen molar-refractivity contribution in [3.05, 3.63) is 69.4 Å². The van der Waals surface area contributed by atoms with Gasteiger partial charge in [0, 0.05) is 60.8 Å². The fourth-order valence-corrected chi connectivity index (χ4v) is 7.14. The number of aliphatic hydroxyl groups excluding tert-OH is 1. The molecule has 0 aromatic heterocycles. The van der Waals surface area contributed by atoms with Crippen molar-refractivity contribution in [3.63, 3.8) is 0 Å². The van der Waals surface area contributed by atoms with Gasteiger partial charge in [0.05, 0.1) is 11.7 Å². The Balaban J connectivity index is 1.22. The number of likely N-dealkylation sites (tertiary alicyclic amines) is 1. The van der Waals surface area contributed by atoms with Gasteiger partial charge in [0.15, 0.2) is 0 Å². The van der Waals surface area contributed by atoms with Gasteiger partial charge in [-0.25, -0.2) is 4.39 Å². The summed E-state index contributed by atoms with van der Waals surface area (Å²) in [6.07, 6.45) is 0.0413. The highest BCUT2D eigenvalue weighted by molar-refractivity contribution is 9.10. The van der Waals surface area contributed by atoms with Crippen LogP contribution in [0.5, 0.6) is 0 Å². The molecule has 1 amide bonds. The van der Waals surface area contributed by atoms with Gasteiger partial charge in [-0.15, -0.1) is 0 Å². The van der Waals surface area contributed by atoms with Crippen molar-refractivity contribution >= 4 is 21.8 Å². The first-order valence-corrected chi connectivity index (χ1v) is 14.3. The lowest BCUT2D eigenvalue weighted by molar-refractivity contribution is -0.137. The zero-order valence-electron chi connectivity index (χ0n) is 21.9. The van der Waals surface area contributed by atoms with Gasteiger partial charge in [0.25, 0.3) is 5.91 Å². The summed E-state index contributed by atoms with van der Waals surface area (Å²) in [6, 6.07) is 10.9. The SMILES string of the molecule is CN(C[C@@H](CCN1CC(N2[C@@H]3CC[C@H]2CC(O)C3)C1)c1ccc(F)cc1)C(=O)c1cc(Br)cc(C(F)(F)F)c1. The summed E-state index contributed by atoms with van der Waals surface area (Å²) in [5.74, 6) is -0.947. The molecule has 3 aliphatic rings. The standard InChI is InChI=1S/C29H34BrF4N3O2/c1-35(28(39)20-10-21(29(32,33)34)12-22(30)11-20)15-19(18-2-4-23(31)5-3-18)8-9-36-16-26(17-36)37-24-6-7-25(37)14-27(38)13-24/h2-5,10-12,19,24-27,38H,6-9,13-17H2,1H3/t19-,24-,25+,27?/m1/s1. The highest BCUT2D eigenvalue weighted by Crippen LogP contribution is 2.39. The number of hydrogen-bond acceptors (Lipinski definition) is 4. The average Bonchev–Trinajstić information content (AvgIpc) is 3.10. The first-order valence-electron chi connectivity index (χ1n) is 13.5. The molecular formula is C29H34BrF4N3O2. The monoisotopic (exact) mass is 611 g/mol. The van der Waals surface area contributed by atoms with Crippen LogP contribution < -0.4 is 0 Å². The minimum absolute atomic E-state index is 0.0380. The average molecular weight is 613 g/mol. The van der Waals surface area contributed by atoms with Crippen molar-refractivity contribution in [2.45, 2.75) is 68.4 Å². The summed E-state index contributed by atoms with van der Waals surface area (Å²) in [5, 5.41) is 10.1. The number of carbonyl (C=O) groups is 1. The second-order valence-electron chi connectivity index (χ2n) is 11.3. The fraction of sp³-hybridized carbons (Fsp3) is 0.552. The Morgan fingerprint density at radius 1 is 1.08 bits per heavy atom. The number of piperidine rings is 1. The van der Waals surface area contributed by atoms with Gasteiger partial charge in [-0.1, -0.05) is 28.1 Å². The van der Waals surface area contributed by atoms with Crippen LogP contribution in [0.1, 0.15) is 59.5 Å². The molecule has 2 aromatic carbocycles. The molecule has 0 radical (unpaired) electrons. The molecule has 1 N–H and O–H groups in total. The predicted octanol–water partition coefficient (Wildman–Crippen LogP) is 5.52. The Morgan fingerprint density at radius 2 is 1.72 bits per heavy atom. The van der Waals surface area contributed by atoms with Gasteiger partial charge >= 0.3 is 6.18 Å². The van der Waals surface area contributed by atoms with E-state index in [1.54, 1.807) is 19.2 Å². The van der Waals surface area contributed by atoms with E-state index in [2.05, 4.69) is 25.7 Å². The molecular weight excluding hydrogens is 578 g/mol. The first kappa shape index (κ1) is 28.5. The predicted molar refractivity (Wildman–Crippen MR) is 144 cm³/mol. The van der Waals surface area contributed by atoms with Crippen LogP contribution in [-0.2, 0) is 6.18 Å². The van der Waals surface area contributed by atoms with E-state index < -0.39 is 17.6 Å². The minimum Gasteiger partial charge on any atom is -0.393 e. The molecule has 10 heteroatoms. The summed E-state index contributed by atoms with van der Waals surface area (Å²) < 4.78 is 53.7. The van der Waals surface area contributed by atoms with E-state index in [1.165, 1.54) is 23.1 Å². The molecule has 39 heavy (non-hydrogen) atoms. The normalized spacial score (nSPS) is 24.9. The van der Waals surface area contributed by atoms with E-state index in [-0.39, 0.29) is 27.9 Å². The molecule has 5 rings (SSSR count). The van der Waals surface area contributed by atoms with E-state index in [0.717, 1.165) is 69.4 Å². The zero-order valence-corrected chi connectivity index (χ0v) is 23.5. The van der Waals surface area contributed by atoms with Crippen molar-refractivity contribution < 1.29 is 27.5 Å². The molecule has 1 unspecified atom stereocenters. The third-order valence-corrected chi connectivity index (χ3v) is 9.03. The molecule has 3 aliphatic heterocycles. The van der Waals surface area contributed by atoms with Gasteiger partial charge in [0.1, 0.15) is 5.82 Å². The maximum Gasteiger partial charge on any atom is 0.416 e. The van der Waals surface area contributed by atoms with Crippen LogP contribution in [0.3, 0.4) is 0 Å². The first-order chi connectivity index (χ1) is 18.5. The maximum absolute atomic E-state index is 13.6. The van der Waals surface area contributed by atoms with Crippen LogP contribution in [0.15, 0.2) is 46.9 Å². The van der Waals surface area contributed by atoms with Crippen molar-refractivity contribution in [3.8, 4) is 0 Å². The summed E-state index contributed by atoms with van der Waals surface area (Å²) in [4.78, 5) is 19.6. The van der Waals surface area contributed by atoms with Crippen molar-refractivity contribution in [2.24, 2.45) is 0 Å². The molecule has 4 atom stereocenters. The van der Waals surface area contributed by atoms with Crippen LogP contribution in [0.25, 0.3) is 0 Å². The molecule has 0 saturated carbocycles. The molecule has 3 saturated heterocycles. The molecule has 2 bridgehead atoms. The van der Waals surface area contributed by atoms with Crippen molar-refractivity contribution in [2.75, 3.05) is 33.2 Å². The Kier molecular flexibility index (Phi) is 8.38. The Labute approximate surface area is 234 Å². The summed E-state index contributed by atoms with van der Waals surface area (Å²) in [6.45, 7) is 3.03. The van der Waals surface area contributed by atoms with E-state index in [4.69, 9.17) is 0 Å². The number of nitrogens with zero attached hydrogens (tertiary/aromatic N) is 3. The third kappa shape index (κ3) is 6.50. The minimum atomic E-state index is -4.56. The maximum atomic E-state index is 13.6. The highest BCUT2D eigenvalue weighted by Gasteiger charge is 2.46. The second-order valence-corrected chi connectivity index (χ2v) is 12.2. The quantitative estimate of drug-likeness (QED) is 0.399. The Hall–Kier alpha value is -2.01. The molecule has 0 spiro atoms. The topological polar surface area (TPSA) is 47.0 Å². The number of benzene rings is 2. The van der Waals surface area contributed by atoms with E-state index in [9.17, 15) is 27.5 Å². The van der Waals surface area contributed by atoms with Gasteiger partial charge in [-0.2, -0.15) is 13.2 Å². The number of halogens is 5. The number of hydrogen-bond donors (Lipinski definition) is 1. The van der Waals surface area contributed by atoms with Crippen molar-refractivity contribution in [1.29, 1.82) is 0 Å². The third-order valence-electron chi connectivity index (χ3n) is 8.57. The molecule has 3 fully saturated rings. The van der Waals surface area contributed by atoms with Crippen LogP contribution in [0.4, 0.5) is 17.6 Å². The Bertz CT molecular complexity index is 1160. The number of amides is 1.